The van der Waals surface area contributed by atoms with Crippen LogP contribution in [0.15, 0.2) is 17.4 Å². The lowest BCUT2D eigenvalue weighted by Crippen LogP contribution is -2.08. The summed E-state index contributed by atoms with van der Waals surface area (Å²) in [4.78, 5) is 0. The first kappa shape index (κ1) is 5.73. The van der Waals surface area contributed by atoms with Crippen LogP contribution >= 0.6 is 0 Å². The Morgan fingerprint density at radius 2 is 2.60 bits per heavy atom. The fraction of sp³-hybridized carbons (Fsp3) is 0.500. The molecule has 1 atom stereocenters. The van der Waals surface area contributed by atoms with Crippen LogP contribution in [0.25, 0.3) is 0 Å². The highest BCUT2D eigenvalue weighted by Gasteiger charge is 2.43. The van der Waals surface area contributed by atoms with E-state index in [-0.39, 0.29) is 5.60 Å². The third kappa shape index (κ3) is 0.769. The number of nitriles is 1. The van der Waals surface area contributed by atoms with Gasteiger partial charge in [0.25, 0.3) is 0 Å². The quantitative estimate of drug-likeness (QED) is 0.367. The Kier molecular flexibility index (Phi) is 0.990. The first-order valence-electron chi connectivity index (χ1n) is 3.35. The molecular weight excluding hydrogens is 126 g/mol. The zero-order valence-electron chi connectivity index (χ0n) is 5.55. The lowest BCUT2D eigenvalue weighted by molar-refractivity contribution is 0.334. The van der Waals surface area contributed by atoms with Crippen LogP contribution in [-0.2, 0) is 4.74 Å². The van der Waals surface area contributed by atoms with Gasteiger partial charge in [0.2, 0.25) is 0 Å². The zero-order chi connectivity index (χ0) is 7.03. The minimum atomic E-state index is 0.000347. The Hall–Kier alpha value is -1.03. The predicted octanol–water partition coefficient (Wildman–Crippen LogP) is 1.15. The van der Waals surface area contributed by atoms with Crippen LogP contribution in [0.2, 0.25) is 0 Å². The van der Waals surface area contributed by atoms with Crippen molar-refractivity contribution in [1.82, 2.24) is 0 Å². The Bertz CT molecular complexity index is 261. The molecule has 0 amide bonds. The minimum absolute atomic E-state index is 0.000347. The normalized spacial score (nSPS) is 35.3. The van der Waals surface area contributed by atoms with Gasteiger partial charge < -0.3 is 4.74 Å². The molecule has 0 saturated carbocycles. The maximum atomic E-state index is 8.47. The standard InChI is InChI=1S/C8H7NO/c9-5-7-1-3-8(4-2-7)6-10-8/h4H,1,3,6H2. The van der Waals surface area contributed by atoms with E-state index in [2.05, 4.69) is 11.8 Å². The topological polar surface area (TPSA) is 36.3 Å². The van der Waals surface area contributed by atoms with E-state index in [1.165, 1.54) is 0 Å². The molecule has 0 N–H and O–H groups in total. The highest BCUT2D eigenvalue weighted by atomic mass is 16.6. The molecule has 1 aliphatic carbocycles. The van der Waals surface area contributed by atoms with Gasteiger partial charge in [-0.15, -0.1) is 5.73 Å². The summed E-state index contributed by atoms with van der Waals surface area (Å²) in [5, 5.41) is 8.47. The van der Waals surface area contributed by atoms with Crippen molar-refractivity contribution in [3.63, 3.8) is 0 Å². The van der Waals surface area contributed by atoms with Gasteiger partial charge >= 0.3 is 0 Å². The molecule has 0 aromatic heterocycles. The molecule has 0 bridgehead atoms. The van der Waals surface area contributed by atoms with Crippen LogP contribution in [0.1, 0.15) is 12.8 Å². The highest BCUT2D eigenvalue weighted by Crippen LogP contribution is 2.36. The molecule has 2 rings (SSSR count). The Labute approximate surface area is 59.4 Å². The van der Waals surface area contributed by atoms with E-state index in [4.69, 9.17) is 10.00 Å². The monoisotopic (exact) mass is 133 g/mol. The van der Waals surface area contributed by atoms with E-state index in [9.17, 15) is 0 Å². The molecule has 1 fully saturated rings. The second-order valence-electron chi connectivity index (χ2n) is 2.73. The van der Waals surface area contributed by atoms with Gasteiger partial charge in [0.05, 0.1) is 12.2 Å². The van der Waals surface area contributed by atoms with Crippen molar-refractivity contribution < 1.29 is 4.74 Å². The van der Waals surface area contributed by atoms with Crippen molar-refractivity contribution in [3.05, 3.63) is 17.4 Å². The predicted molar refractivity (Wildman–Crippen MR) is 35.1 cm³/mol. The van der Waals surface area contributed by atoms with Crippen molar-refractivity contribution in [1.29, 1.82) is 5.26 Å². The van der Waals surface area contributed by atoms with Crippen molar-refractivity contribution in [3.8, 4) is 6.07 Å². The van der Waals surface area contributed by atoms with Crippen LogP contribution in [0.4, 0.5) is 0 Å². The van der Waals surface area contributed by atoms with Gasteiger partial charge in [-0.2, -0.15) is 5.26 Å². The number of nitrogens with zero attached hydrogens (tertiary/aromatic N) is 1. The summed E-state index contributed by atoms with van der Waals surface area (Å²) in [7, 11) is 0. The first-order chi connectivity index (χ1) is 4.85. The fourth-order valence-electron chi connectivity index (χ4n) is 1.11. The van der Waals surface area contributed by atoms with E-state index in [1.54, 1.807) is 0 Å². The van der Waals surface area contributed by atoms with E-state index in [1.807, 2.05) is 6.08 Å². The second kappa shape index (κ2) is 1.73. The van der Waals surface area contributed by atoms with Gasteiger partial charge in [0.15, 0.2) is 0 Å². The Morgan fingerprint density at radius 1 is 1.80 bits per heavy atom. The highest BCUT2D eigenvalue weighted by molar-refractivity contribution is 5.27. The van der Waals surface area contributed by atoms with Crippen LogP contribution in [0.3, 0.4) is 0 Å². The molecule has 2 heteroatoms. The number of ether oxygens (including phenoxy) is 1. The molecular formula is C8H7NO. The van der Waals surface area contributed by atoms with Gasteiger partial charge in [-0.3, -0.25) is 0 Å². The van der Waals surface area contributed by atoms with Gasteiger partial charge in [0.1, 0.15) is 11.7 Å². The molecule has 0 aromatic carbocycles. The minimum Gasteiger partial charge on any atom is -0.364 e. The first-order valence-corrected chi connectivity index (χ1v) is 3.35. The van der Waals surface area contributed by atoms with Crippen molar-refractivity contribution >= 4 is 0 Å². The lowest BCUT2D eigenvalue weighted by Gasteiger charge is -2.06. The van der Waals surface area contributed by atoms with Gasteiger partial charge in [0, 0.05) is 0 Å². The van der Waals surface area contributed by atoms with Crippen LogP contribution < -0.4 is 0 Å². The summed E-state index contributed by atoms with van der Waals surface area (Å²) in [6, 6.07) is 2.09. The maximum absolute atomic E-state index is 8.47. The molecule has 1 saturated heterocycles. The molecule has 10 heavy (non-hydrogen) atoms. The summed E-state index contributed by atoms with van der Waals surface area (Å²) in [5.41, 5.74) is 3.68. The summed E-state index contributed by atoms with van der Waals surface area (Å²) in [6.07, 6.45) is 3.67. The summed E-state index contributed by atoms with van der Waals surface area (Å²) in [6.45, 7) is 0.818. The van der Waals surface area contributed by atoms with E-state index >= 15 is 0 Å². The van der Waals surface area contributed by atoms with Gasteiger partial charge in [-0.05, 0) is 18.9 Å². The smallest absolute Gasteiger partial charge is 0.117 e. The summed E-state index contributed by atoms with van der Waals surface area (Å²) in [5.74, 6) is 0. The molecule has 2 aliphatic rings. The van der Waals surface area contributed by atoms with Crippen molar-refractivity contribution in [2.45, 2.75) is 18.4 Å². The molecule has 0 aromatic rings. The number of hydrogen-bond donors (Lipinski definition) is 0. The van der Waals surface area contributed by atoms with Crippen molar-refractivity contribution in [2.75, 3.05) is 6.61 Å². The van der Waals surface area contributed by atoms with Crippen LogP contribution in [0, 0.1) is 11.3 Å². The third-order valence-electron chi connectivity index (χ3n) is 1.96. The fourth-order valence-corrected chi connectivity index (χ4v) is 1.11. The van der Waals surface area contributed by atoms with Crippen LogP contribution in [0.5, 0.6) is 0 Å². The largest absolute Gasteiger partial charge is 0.364 e. The second-order valence-corrected chi connectivity index (χ2v) is 2.73. The van der Waals surface area contributed by atoms with E-state index in [0.29, 0.717) is 0 Å². The van der Waals surface area contributed by atoms with E-state index < -0.39 is 0 Å². The molecule has 1 unspecified atom stereocenters. The van der Waals surface area contributed by atoms with Gasteiger partial charge in [-0.1, -0.05) is 0 Å². The molecule has 2 nitrogen and oxygen atoms in total. The Balaban J connectivity index is 2.29. The average molecular weight is 133 g/mol. The molecule has 50 valence electrons. The maximum Gasteiger partial charge on any atom is 0.117 e. The molecule has 1 aliphatic heterocycles. The average Bonchev–Trinajstić information content (AvgIpc) is 2.72. The number of epoxide rings is 1. The molecule has 1 heterocycles. The van der Waals surface area contributed by atoms with E-state index in [0.717, 1.165) is 25.0 Å². The summed E-state index contributed by atoms with van der Waals surface area (Å²) >= 11 is 0. The van der Waals surface area contributed by atoms with Crippen LogP contribution in [-0.4, -0.2) is 12.2 Å². The van der Waals surface area contributed by atoms with Gasteiger partial charge in [-0.25, -0.2) is 0 Å². The zero-order valence-corrected chi connectivity index (χ0v) is 5.55. The molecule has 1 spiro atoms. The Morgan fingerprint density at radius 3 is 3.00 bits per heavy atom. The number of hydrogen-bond acceptors (Lipinski definition) is 2. The lowest BCUT2D eigenvalue weighted by atomic mass is 9.96. The molecule has 0 radical (unpaired) electrons. The summed E-state index contributed by atoms with van der Waals surface area (Å²) < 4.78 is 5.19. The third-order valence-corrected chi connectivity index (χ3v) is 1.96. The van der Waals surface area contributed by atoms with Crippen molar-refractivity contribution in [2.24, 2.45) is 0 Å². The SMILES string of the molecule is N#CC1=C=CC2(CC1)CO2. The number of rotatable bonds is 0.